The summed E-state index contributed by atoms with van der Waals surface area (Å²) in [7, 11) is 0. The van der Waals surface area contributed by atoms with Crippen molar-refractivity contribution in [2.45, 2.75) is 59.0 Å². The van der Waals surface area contributed by atoms with Crippen molar-refractivity contribution in [3.63, 3.8) is 0 Å². The van der Waals surface area contributed by atoms with Crippen LogP contribution in [0.1, 0.15) is 54.6 Å². The Morgan fingerprint density at radius 3 is 2.67 bits per heavy atom. The van der Waals surface area contributed by atoms with Gasteiger partial charge in [-0.2, -0.15) is 0 Å². The monoisotopic (exact) mass is 288 g/mol. The largest absolute Gasteiger partial charge is 0.335 e. The molecular weight excluding hydrogens is 260 g/mol. The number of nitrogens with zero attached hydrogens (tertiary/aromatic N) is 1. The van der Waals surface area contributed by atoms with Gasteiger partial charge < -0.3 is 10.2 Å². The second-order valence-corrected chi connectivity index (χ2v) is 6.52. The van der Waals surface area contributed by atoms with Crippen LogP contribution in [0.2, 0.25) is 0 Å². The fourth-order valence-electron chi connectivity index (χ4n) is 3.05. The number of carbonyl (C=O) groups excluding carboxylic acids is 1. The van der Waals surface area contributed by atoms with Crippen LogP contribution in [0.5, 0.6) is 0 Å². The molecule has 0 spiro atoms. The average molecular weight is 288 g/mol. The Morgan fingerprint density at radius 1 is 1.33 bits per heavy atom. The third-order valence-corrected chi connectivity index (χ3v) is 4.33. The van der Waals surface area contributed by atoms with E-state index >= 15 is 0 Å². The van der Waals surface area contributed by atoms with E-state index < -0.39 is 0 Å². The van der Waals surface area contributed by atoms with Gasteiger partial charge >= 0.3 is 0 Å². The summed E-state index contributed by atoms with van der Waals surface area (Å²) in [6, 6.07) is 6.75. The molecule has 3 nitrogen and oxygen atoms in total. The molecule has 0 aliphatic carbocycles. The fourth-order valence-corrected chi connectivity index (χ4v) is 3.05. The Kier molecular flexibility index (Phi) is 5.40. The van der Waals surface area contributed by atoms with E-state index in [1.54, 1.807) is 0 Å². The van der Waals surface area contributed by atoms with Crippen molar-refractivity contribution in [2.24, 2.45) is 0 Å². The number of hydrogen-bond acceptors (Lipinski definition) is 2. The molecule has 3 heteroatoms. The third kappa shape index (κ3) is 4.07. The summed E-state index contributed by atoms with van der Waals surface area (Å²) in [5.74, 6) is 0.162. The van der Waals surface area contributed by atoms with Crippen LogP contribution in [0, 0.1) is 13.8 Å². The van der Waals surface area contributed by atoms with Gasteiger partial charge in [0.2, 0.25) is 0 Å². The first-order valence-electron chi connectivity index (χ1n) is 8.10. The topological polar surface area (TPSA) is 32.3 Å². The minimum absolute atomic E-state index is 0.162. The maximum absolute atomic E-state index is 12.9. The molecule has 0 saturated carbocycles. The zero-order chi connectivity index (χ0) is 15.4. The summed E-state index contributed by atoms with van der Waals surface area (Å²) >= 11 is 0. The van der Waals surface area contributed by atoms with E-state index in [-0.39, 0.29) is 11.9 Å². The van der Waals surface area contributed by atoms with Gasteiger partial charge in [0.1, 0.15) is 0 Å². The lowest BCUT2D eigenvalue weighted by molar-refractivity contribution is 0.0676. The Balaban J connectivity index is 2.14. The van der Waals surface area contributed by atoms with Crippen molar-refractivity contribution in [1.82, 2.24) is 10.2 Å². The molecule has 1 aromatic rings. The summed E-state index contributed by atoms with van der Waals surface area (Å²) in [6.07, 6.45) is 3.69. The van der Waals surface area contributed by atoms with E-state index in [1.165, 1.54) is 24.8 Å². The molecule has 1 unspecified atom stereocenters. The standard InChI is InChI=1S/C18H28N2O/c1-13(2)20(12-16-7-5-6-10-19-16)18(21)17-9-8-14(3)11-15(17)4/h8-9,11,13,16,19H,5-7,10,12H2,1-4H3. The summed E-state index contributed by atoms with van der Waals surface area (Å²) in [5.41, 5.74) is 3.11. The number of hydrogen-bond donors (Lipinski definition) is 1. The normalized spacial score (nSPS) is 18.8. The van der Waals surface area contributed by atoms with Crippen LogP contribution in [0.4, 0.5) is 0 Å². The van der Waals surface area contributed by atoms with Crippen molar-refractivity contribution in [3.05, 3.63) is 34.9 Å². The van der Waals surface area contributed by atoms with Crippen molar-refractivity contribution in [1.29, 1.82) is 0 Å². The molecule has 1 aliphatic rings. The molecule has 0 aromatic heterocycles. The highest BCUT2D eigenvalue weighted by Crippen LogP contribution is 2.17. The zero-order valence-corrected chi connectivity index (χ0v) is 13.8. The lowest BCUT2D eigenvalue weighted by Crippen LogP contribution is -2.48. The second-order valence-electron chi connectivity index (χ2n) is 6.52. The van der Waals surface area contributed by atoms with E-state index in [9.17, 15) is 4.79 Å². The van der Waals surface area contributed by atoms with E-state index in [1.807, 2.05) is 24.0 Å². The van der Waals surface area contributed by atoms with Crippen LogP contribution in [-0.4, -0.2) is 36.0 Å². The lowest BCUT2D eigenvalue weighted by Gasteiger charge is -2.33. The van der Waals surface area contributed by atoms with E-state index in [4.69, 9.17) is 0 Å². The zero-order valence-electron chi connectivity index (χ0n) is 13.8. The molecule has 21 heavy (non-hydrogen) atoms. The van der Waals surface area contributed by atoms with Crippen molar-refractivity contribution >= 4 is 5.91 Å². The molecule has 1 atom stereocenters. The van der Waals surface area contributed by atoms with E-state index in [2.05, 4.69) is 32.2 Å². The van der Waals surface area contributed by atoms with Crippen LogP contribution in [0.3, 0.4) is 0 Å². The smallest absolute Gasteiger partial charge is 0.254 e. The first-order chi connectivity index (χ1) is 9.99. The predicted octanol–water partition coefficient (Wildman–Crippen LogP) is 3.30. The minimum atomic E-state index is 0.162. The highest BCUT2D eigenvalue weighted by molar-refractivity contribution is 5.95. The Labute approximate surface area is 128 Å². The predicted molar refractivity (Wildman–Crippen MR) is 87.7 cm³/mol. The van der Waals surface area contributed by atoms with Crippen LogP contribution in [-0.2, 0) is 0 Å². The molecule has 1 N–H and O–H groups in total. The molecule has 116 valence electrons. The molecule has 2 rings (SSSR count). The number of benzene rings is 1. The first-order valence-corrected chi connectivity index (χ1v) is 8.10. The first kappa shape index (κ1) is 16.0. The number of amides is 1. The number of rotatable bonds is 4. The van der Waals surface area contributed by atoms with Gasteiger partial charge in [0.25, 0.3) is 5.91 Å². The molecule has 1 aromatic carbocycles. The molecule has 1 aliphatic heterocycles. The average Bonchev–Trinajstić information content (AvgIpc) is 2.45. The van der Waals surface area contributed by atoms with Crippen molar-refractivity contribution < 1.29 is 4.79 Å². The van der Waals surface area contributed by atoms with Gasteiger partial charge in [-0.1, -0.05) is 24.1 Å². The highest BCUT2D eigenvalue weighted by Gasteiger charge is 2.24. The van der Waals surface area contributed by atoms with E-state index in [0.717, 1.165) is 24.2 Å². The molecule has 1 saturated heterocycles. The second kappa shape index (κ2) is 7.08. The van der Waals surface area contributed by atoms with Gasteiger partial charge in [0.05, 0.1) is 0 Å². The number of carbonyl (C=O) groups is 1. The summed E-state index contributed by atoms with van der Waals surface area (Å²) in [6.45, 7) is 10.2. The number of piperidine rings is 1. The summed E-state index contributed by atoms with van der Waals surface area (Å²) in [5, 5.41) is 3.54. The van der Waals surface area contributed by atoms with Crippen LogP contribution < -0.4 is 5.32 Å². The highest BCUT2D eigenvalue weighted by atomic mass is 16.2. The van der Waals surface area contributed by atoms with Crippen LogP contribution >= 0.6 is 0 Å². The van der Waals surface area contributed by atoms with Gasteiger partial charge in [0, 0.05) is 24.2 Å². The Bertz CT molecular complexity index is 490. The quantitative estimate of drug-likeness (QED) is 0.922. The third-order valence-electron chi connectivity index (χ3n) is 4.33. The Morgan fingerprint density at radius 2 is 2.10 bits per heavy atom. The van der Waals surface area contributed by atoms with E-state index in [0.29, 0.717) is 6.04 Å². The lowest BCUT2D eigenvalue weighted by atomic mass is 10.0. The maximum Gasteiger partial charge on any atom is 0.254 e. The Hall–Kier alpha value is -1.35. The van der Waals surface area contributed by atoms with Crippen molar-refractivity contribution in [2.75, 3.05) is 13.1 Å². The van der Waals surface area contributed by atoms with Gasteiger partial charge in [-0.05, 0) is 58.7 Å². The fraction of sp³-hybridized carbons (Fsp3) is 0.611. The van der Waals surface area contributed by atoms with Crippen LogP contribution in [0.15, 0.2) is 18.2 Å². The van der Waals surface area contributed by atoms with Crippen LogP contribution in [0.25, 0.3) is 0 Å². The van der Waals surface area contributed by atoms with Gasteiger partial charge in [0.15, 0.2) is 0 Å². The molecule has 1 amide bonds. The molecular formula is C18H28N2O. The number of nitrogens with one attached hydrogen (secondary N) is 1. The van der Waals surface area contributed by atoms with Crippen molar-refractivity contribution in [3.8, 4) is 0 Å². The number of aryl methyl sites for hydroxylation is 2. The van der Waals surface area contributed by atoms with Gasteiger partial charge in [-0.3, -0.25) is 4.79 Å². The summed E-state index contributed by atoms with van der Waals surface area (Å²) < 4.78 is 0. The molecule has 1 fully saturated rings. The molecule has 1 heterocycles. The maximum atomic E-state index is 12.9. The molecule has 0 bridgehead atoms. The molecule has 0 radical (unpaired) electrons. The van der Waals surface area contributed by atoms with Gasteiger partial charge in [-0.25, -0.2) is 0 Å². The summed E-state index contributed by atoms with van der Waals surface area (Å²) in [4.78, 5) is 14.9. The van der Waals surface area contributed by atoms with Gasteiger partial charge in [-0.15, -0.1) is 0 Å². The SMILES string of the molecule is Cc1ccc(C(=O)N(CC2CCCCN2)C(C)C)c(C)c1. The minimum Gasteiger partial charge on any atom is -0.335 e.